The number of hydrogen-bond acceptors (Lipinski definition) is 3. The van der Waals surface area contributed by atoms with Gasteiger partial charge in [-0.2, -0.15) is 12.8 Å². The van der Waals surface area contributed by atoms with Crippen molar-refractivity contribution in [3.05, 3.63) is 13.8 Å². The van der Waals surface area contributed by atoms with Crippen molar-refractivity contribution in [1.82, 2.24) is 0 Å². The minimum absolute atomic E-state index is 0.167. The standard InChI is InChI=1S/C5H12O.2C5H11.C3H8O.O.Ti/c1-2-3-4-5-6;2*1-3-5-4-2;1-3(2)4;;/h6H,2-5H2,1H3;2*1,3-5H2,2H3;3-4H,1-2H3;;/q;2*-1;;;+2. The van der Waals surface area contributed by atoms with Crippen molar-refractivity contribution in [2.24, 2.45) is 0 Å². The van der Waals surface area contributed by atoms with Crippen molar-refractivity contribution in [1.29, 1.82) is 0 Å². The summed E-state index contributed by atoms with van der Waals surface area (Å²) in [7, 11) is 0. The fraction of sp³-hybridized carbons (Fsp3) is 0.889. The number of aliphatic hydroxyl groups is 2. The minimum atomic E-state index is -0.167. The normalized spacial score (nSPS) is 8.18. The molecule has 0 saturated carbocycles. The van der Waals surface area contributed by atoms with Gasteiger partial charge in [0.2, 0.25) is 0 Å². The van der Waals surface area contributed by atoms with Crippen LogP contribution in [0.1, 0.15) is 92.4 Å². The number of aliphatic hydroxyl groups excluding tert-OH is 2. The van der Waals surface area contributed by atoms with E-state index in [0.29, 0.717) is 6.61 Å². The van der Waals surface area contributed by atoms with Crippen LogP contribution in [0.4, 0.5) is 0 Å². The van der Waals surface area contributed by atoms with Crippen LogP contribution in [0.3, 0.4) is 0 Å². The van der Waals surface area contributed by atoms with Gasteiger partial charge < -0.3 is 24.1 Å². The molecule has 0 fully saturated rings. The summed E-state index contributed by atoms with van der Waals surface area (Å²) in [6.07, 6.45) is 10.5. The van der Waals surface area contributed by atoms with Gasteiger partial charge in [-0.25, -0.2) is 0 Å². The monoisotopic (exact) mass is 354 g/mol. The number of rotatable bonds is 7. The molecule has 2 N–H and O–H groups in total. The van der Waals surface area contributed by atoms with E-state index in [1.54, 1.807) is 13.8 Å². The van der Waals surface area contributed by atoms with Crippen molar-refractivity contribution < 1.29 is 33.9 Å². The molecule has 22 heavy (non-hydrogen) atoms. The molecular weight excluding hydrogens is 312 g/mol. The van der Waals surface area contributed by atoms with Crippen LogP contribution in [-0.2, 0) is 23.7 Å². The first kappa shape index (κ1) is 33.9. The summed E-state index contributed by atoms with van der Waals surface area (Å²) in [4.78, 5) is 0. The van der Waals surface area contributed by atoms with E-state index in [4.69, 9.17) is 13.5 Å². The molecule has 0 amide bonds. The van der Waals surface area contributed by atoms with Gasteiger partial charge in [0.05, 0.1) is 0 Å². The van der Waals surface area contributed by atoms with E-state index in [9.17, 15) is 0 Å². The van der Waals surface area contributed by atoms with Gasteiger partial charge in [-0.1, -0.05) is 59.3 Å². The summed E-state index contributed by atoms with van der Waals surface area (Å²) in [6.45, 7) is 17.6. The second kappa shape index (κ2) is 49.6. The Morgan fingerprint density at radius 2 is 1.09 bits per heavy atom. The zero-order chi connectivity index (χ0) is 18.6. The number of hydrogen-bond donors (Lipinski definition) is 2. The first-order chi connectivity index (χ1) is 10.5. The van der Waals surface area contributed by atoms with Crippen molar-refractivity contribution >= 4 is 0 Å². The van der Waals surface area contributed by atoms with E-state index < -0.39 is 0 Å². The van der Waals surface area contributed by atoms with E-state index in [2.05, 4.69) is 34.6 Å². The number of unbranched alkanes of at least 4 members (excludes halogenated alkanes) is 6. The Bertz CT molecular complexity index is 106. The van der Waals surface area contributed by atoms with E-state index in [1.807, 2.05) is 0 Å². The van der Waals surface area contributed by atoms with Crippen LogP contribution < -0.4 is 0 Å². The summed E-state index contributed by atoms with van der Waals surface area (Å²) in [5, 5.41) is 16.3. The van der Waals surface area contributed by atoms with Gasteiger partial charge in [-0.05, 0) is 20.3 Å². The van der Waals surface area contributed by atoms with Crippen LogP contribution in [-0.4, -0.2) is 22.9 Å². The second-order valence-corrected chi connectivity index (χ2v) is 4.94. The first-order valence-electron chi connectivity index (χ1n) is 8.55. The van der Waals surface area contributed by atoms with Gasteiger partial charge in [0, 0.05) is 12.7 Å². The van der Waals surface area contributed by atoms with Gasteiger partial charge in [-0.3, -0.25) is 0 Å². The summed E-state index contributed by atoms with van der Waals surface area (Å²) in [6, 6.07) is 0. The Balaban J connectivity index is -0.0000000567. The molecule has 0 aliphatic carbocycles. The van der Waals surface area contributed by atoms with Gasteiger partial charge in [0.25, 0.3) is 0 Å². The predicted molar refractivity (Wildman–Crippen MR) is 94.4 cm³/mol. The van der Waals surface area contributed by atoms with Gasteiger partial charge in [0.1, 0.15) is 0 Å². The Hall–Kier alpha value is 0.434. The zero-order valence-electron chi connectivity index (χ0n) is 15.9. The van der Waals surface area contributed by atoms with Crippen molar-refractivity contribution in [2.45, 2.75) is 98.5 Å². The predicted octanol–water partition coefficient (Wildman–Crippen LogP) is 5.46. The molecule has 0 atom stereocenters. The Morgan fingerprint density at radius 3 is 1.14 bits per heavy atom. The average Bonchev–Trinajstić information content (AvgIpc) is 2.49. The molecule has 0 aromatic rings. The summed E-state index contributed by atoms with van der Waals surface area (Å²) < 4.78 is 8.25. The van der Waals surface area contributed by atoms with Crippen LogP contribution in [0.2, 0.25) is 0 Å². The van der Waals surface area contributed by atoms with Crippen molar-refractivity contribution in [3.63, 3.8) is 0 Å². The topological polar surface area (TPSA) is 57.5 Å². The summed E-state index contributed by atoms with van der Waals surface area (Å²) in [5.41, 5.74) is 0. The Labute approximate surface area is 153 Å². The maximum absolute atomic E-state index is 8.25. The SMILES string of the molecule is CC(C)O.CCCCCO.[CH2-]CCCC.[CH2-]CCCC.[O]=[Ti+2]. The van der Waals surface area contributed by atoms with Crippen LogP contribution in [0.25, 0.3) is 0 Å². The molecule has 4 heteroatoms. The van der Waals surface area contributed by atoms with Crippen LogP contribution in [0, 0.1) is 13.8 Å². The first-order valence-corrected chi connectivity index (χ1v) is 9.19. The van der Waals surface area contributed by atoms with E-state index >= 15 is 0 Å². The maximum atomic E-state index is 8.25. The molecule has 136 valence electrons. The molecule has 0 rings (SSSR count). The molecule has 0 heterocycles. The molecule has 0 bridgehead atoms. The average molecular weight is 354 g/mol. The molecule has 0 aliphatic rings. The van der Waals surface area contributed by atoms with Crippen molar-refractivity contribution in [3.8, 4) is 0 Å². The fourth-order valence-corrected chi connectivity index (χ4v) is 0.862. The zero-order valence-corrected chi connectivity index (χ0v) is 17.4. The second-order valence-electron chi connectivity index (χ2n) is 4.94. The van der Waals surface area contributed by atoms with Gasteiger partial charge in [0.15, 0.2) is 0 Å². The molecule has 0 aliphatic heterocycles. The molecular formula is C18H42O3Ti. The Kier molecular flexibility index (Phi) is 76.4. The summed E-state index contributed by atoms with van der Waals surface area (Å²) >= 11 is 0.750. The van der Waals surface area contributed by atoms with E-state index in [0.717, 1.165) is 46.1 Å². The van der Waals surface area contributed by atoms with Gasteiger partial charge >= 0.3 is 23.7 Å². The van der Waals surface area contributed by atoms with E-state index in [-0.39, 0.29) is 6.10 Å². The third kappa shape index (κ3) is 140. The van der Waals surface area contributed by atoms with Crippen LogP contribution in [0.15, 0.2) is 0 Å². The molecule has 3 nitrogen and oxygen atoms in total. The molecule has 0 aromatic carbocycles. The Morgan fingerprint density at radius 1 is 0.818 bits per heavy atom. The quantitative estimate of drug-likeness (QED) is 0.363. The van der Waals surface area contributed by atoms with Crippen molar-refractivity contribution in [2.75, 3.05) is 6.61 Å². The molecule has 0 unspecified atom stereocenters. The summed E-state index contributed by atoms with van der Waals surface area (Å²) in [5.74, 6) is 0. The van der Waals surface area contributed by atoms with Crippen LogP contribution in [0.5, 0.6) is 0 Å². The van der Waals surface area contributed by atoms with Crippen LogP contribution >= 0.6 is 0 Å². The third-order valence-electron chi connectivity index (χ3n) is 1.97. The third-order valence-corrected chi connectivity index (χ3v) is 1.97. The molecule has 0 aromatic heterocycles. The molecule has 0 spiro atoms. The molecule has 0 radical (unpaired) electrons. The van der Waals surface area contributed by atoms with E-state index in [1.165, 1.54) is 32.1 Å². The fourth-order valence-electron chi connectivity index (χ4n) is 0.862. The molecule has 0 saturated heterocycles. The van der Waals surface area contributed by atoms with Gasteiger partial charge in [-0.15, -0.1) is 0 Å².